The number of benzene rings is 1. The fourth-order valence-electron chi connectivity index (χ4n) is 2.05. The normalized spacial score (nSPS) is 10.9. The Balaban J connectivity index is 2.25. The summed E-state index contributed by atoms with van der Waals surface area (Å²) in [5.41, 5.74) is 3.45. The third-order valence-electron chi connectivity index (χ3n) is 2.92. The molecule has 0 unspecified atom stereocenters. The summed E-state index contributed by atoms with van der Waals surface area (Å²) in [5, 5.41) is 1.24. The van der Waals surface area contributed by atoms with Gasteiger partial charge in [-0.3, -0.25) is 0 Å². The maximum atomic E-state index is 4.73. The number of aryl methyl sites for hydroxylation is 2. The zero-order valence-electron chi connectivity index (χ0n) is 9.90. The number of hydrogen-bond donors (Lipinski definition) is 0. The lowest BCUT2D eigenvalue weighted by molar-refractivity contribution is 1.38. The van der Waals surface area contributed by atoms with Crippen molar-refractivity contribution in [1.29, 1.82) is 0 Å². The van der Waals surface area contributed by atoms with Gasteiger partial charge in [0.1, 0.15) is 0 Å². The summed E-state index contributed by atoms with van der Waals surface area (Å²) >= 11 is 1.80. The molecule has 84 valence electrons. The molecule has 3 aromatic rings. The van der Waals surface area contributed by atoms with Crippen LogP contribution in [0.25, 0.3) is 21.5 Å². The van der Waals surface area contributed by atoms with Crippen LogP contribution in [0.2, 0.25) is 0 Å². The number of thiophene rings is 1. The van der Waals surface area contributed by atoms with Crippen LogP contribution in [0.1, 0.15) is 10.4 Å². The van der Waals surface area contributed by atoms with Crippen LogP contribution >= 0.6 is 11.3 Å². The van der Waals surface area contributed by atoms with Crippen LogP contribution < -0.4 is 0 Å². The summed E-state index contributed by atoms with van der Waals surface area (Å²) in [6, 6.07) is 14.8. The second kappa shape index (κ2) is 3.97. The molecule has 0 aliphatic heterocycles. The average Bonchev–Trinajstić information content (AvgIpc) is 2.76. The molecule has 0 saturated carbocycles. The van der Waals surface area contributed by atoms with Crippen LogP contribution in [0, 0.1) is 13.8 Å². The van der Waals surface area contributed by atoms with Crippen LogP contribution in [0.3, 0.4) is 0 Å². The van der Waals surface area contributed by atoms with Crippen molar-refractivity contribution in [3.8, 4) is 10.6 Å². The zero-order valence-corrected chi connectivity index (χ0v) is 10.7. The number of pyridine rings is 1. The summed E-state index contributed by atoms with van der Waals surface area (Å²) in [6.45, 7) is 4.27. The summed E-state index contributed by atoms with van der Waals surface area (Å²) in [5.74, 6) is 0. The first kappa shape index (κ1) is 10.5. The quantitative estimate of drug-likeness (QED) is 0.605. The molecule has 0 saturated heterocycles. The highest BCUT2D eigenvalue weighted by atomic mass is 32.1. The average molecular weight is 239 g/mol. The SMILES string of the molecule is Cc1ccc(-c2cc(C)c3ccccc3n2)s1. The van der Waals surface area contributed by atoms with Gasteiger partial charge >= 0.3 is 0 Å². The van der Waals surface area contributed by atoms with Crippen LogP contribution in [-0.2, 0) is 0 Å². The van der Waals surface area contributed by atoms with Crippen molar-refractivity contribution in [3.63, 3.8) is 0 Å². The summed E-state index contributed by atoms with van der Waals surface area (Å²) in [7, 11) is 0. The Morgan fingerprint density at radius 1 is 1.00 bits per heavy atom. The molecule has 3 rings (SSSR count). The highest BCUT2D eigenvalue weighted by Gasteiger charge is 2.06. The molecule has 0 aliphatic carbocycles. The van der Waals surface area contributed by atoms with E-state index in [1.807, 2.05) is 6.07 Å². The lowest BCUT2D eigenvalue weighted by Gasteiger charge is -2.04. The molecule has 0 aliphatic rings. The summed E-state index contributed by atoms with van der Waals surface area (Å²) < 4.78 is 0. The van der Waals surface area contributed by atoms with Crippen LogP contribution in [-0.4, -0.2) is 4.98 Å². The van der Waals surface area contributed by atoms with Crippen molar-refractivity contribution in [1.82, 2.24) is 4.98 Å². The zero-order chi connectivity index (χ0) is 11.8. The number of fused-ring (bicyclic) bond motifs is 1. The molecular weight excluding hydrogens is 226 g/mol. The van der Waals surface area contributed by atoms with Crippen molar-refractivity contribution < 1.29 is 0 Å². The molecule has 0 fully saturated rings. The molecule has 1 nitrogen and oxygen atoms in total. The highest BCUT2D eigenvalue weighted by Crippen LogP contribution is 2.29. The van der Waals surface area contributed by atoms with E-state index in [9.17, 15) is 0 Å². The lowest BCUT2D eigenvalue weighted by Crippen LogP contribution is -1.86. The standard InChI is InChI=1S/C15H13NS/c1-10-9-14(15-8-7-11(2)17-15)16-13-6-4-3-5-12(10)13/h3-9H,1-2H3. The van der Waals surface area contributed by atoms with Gasteiger partial charge in [0, 0.05) is 10.3 Å². The topological polar surface area (TPSA) is 12.9 Å². The van der Waals surface area contributed by atoms with Gasteiger partial charge in [-0.1, -0.05) is 18.2 Å². The third kappa shape index (κ3) is 1.85. The fraction of sp³-hybridized carbons (Fsp3) is 0.133. The molecule has 17 heavy (non-hydrogen) atoms. The third-order valence-corrected chi connectivity index (χ3v) is 3.94. The van der Waals surface area contributed by atoms with Gasteiger partial charge in [-0.15, -0.1) is 11.3 Å². The smallest absolute Gasteiger partial charge is 0.0812 e. The van der Waals surface area contributed by atoms with Gasteiger partial charge in [-0.25, -0.2) is 4.98 Å². The highest BCUT2D eigenvalue weighted by molar-refractivity contribution is 7.15. The summed E-state index contributed by atoms with van der Waals surface area (Å²) in [6.07, 6.45) is 0. The Morgan fingerprint density at radius 3 is 2.59 bits per heavy atom. The predicted molar refractivity (Wildman–Crippen MR) is 74.5 cm³/mol. The fourth-order valence-corrected chi connectivity index (χ4v) is 2.88. The molecule has 2 heteroatoms. The van der Waals surface area contributed by atoms with Crippen LogP contribution in [0.15, 0.2) is 42.5 Å². The van der Waals surface area contributed by atoms with Crippen LogP contribution in [0.5, 0.6) is 0 Å². The Morgan fingerprint density at radius 2 is 1.82 bits per heavy atom. The Kier molecular flexibility index (Phi) is 2.45. The van der Waals surface area contributed by atoms with Crippen molar-refractivity contribution in [3.05, 3.63) is 52.9 Å². The van der Waals surface area contributed by atoms with Gasteiger partial charge in [0.2, 0.25) is 0 Å². The minimum Gasteiger partial charge on any atom is -0.247 e. The maximum Gasteiger partial charge on any atom is 0.0812 e. The molecular formula is C15H13NS. The Labute approximate surface area is 105 Å². The van der Waals surface area contributed by atoms with E-state index < -0.39 is 0 Å². The second-order valence-corrected chi connectivity index (χ2v) is 5.54. The van der Waals surface area contributed by atoms with E-state index in [0.29, 0.717) is 0 Å². The molecule has 0 spiro atoms. The van der Waals surface area contributed by atoms with E-state index in [1.54, 1.807) is 11.3 Å². The minimum absolute atomic E-state index is 1.08. The predicted octanol–water partition coefficient (Wildman–Crippen LogP) is 4.58. The first-order valence-electron chi connectivity index (χ1n) is 5.67. The molecule has 0 amide bonds. The molecule has 1 aromatic carbocycles. The van der Waals surface area contributed by atoms with Crippen molar-refractivity contribution in [2.75, 3.05) is 0 Å². The molecule has 0 N–H and O–H groups in total. The van der Waals surface area contributed by atoms with Crippen molar-refractivity contribution in [2.45, 2.75) is 13.8 Å². The van der Waals surface area contributed by atoms with Crippen molar-refractivity contribution in [2.24, 2.45) is 0 Å². The van der Waals surface area contributed by atoms with Gasteiger partial charge in [0.15, 0.2) is 0 Å². The number of nitrogens with zero attached hydrogens (tertiary/aromatic N) is 1. The Bertz CT molecular complexity index is 682. The molecule has 2 heterocycles. The Hall–Kier alpha value is -1.67. The van der Waals surface area contributed by atoms with E-state index >= 15 is 0 Å². The monoisotopic (exact) mass is 239 g/mol. The maximum absolute atomic E-state index is 4.73. The van der Waals surface area contributed by atoms with E-state index in [4.69, 9.17) is 4.98 Å². The lowest BCUT2D eigenvalue weighted by atomic mass is 10.1. The number of aromatic nitrogens is 1. The molecule has 0 radical (unpaired) electrons. The van der Waals surface area contributed by atoms with E-state index in [0.717, 1.165) is 11.2 Å². The van der Waals surface area contributed by atoms with E-state index in [1.165, 1.54) is 20.7 Å². The van der Waals surface area contributed by atoms with E-state index in [-0.39, 0.29) is 0 Å². The first-order valence-corrected chi connectivity index (χ1v) is 6.49. The minimum atomic E-state index is 1.08. The number of para-hydroxylation sites is 1. The molecule has 0 bridgehead atoms. The number of rotatable bonds is 1. The largest absolute Gasteiger partial charge is 0.247 e. The molecule has 0 atom stereocenters. The van der Waals surface area contributed by atoms with Crippen LogP contribution in [0.4, 0.5) is 0 Å². The van der Waals surface area contributed by atoms with Gasteiger partial charge in [-0.05, 0) is 43.7 Å². The van der Waals surface area contributed by atoms with E-state index in [2.05, 4.69) is 50.2 Å². The van der Waals surface area contributed by atoms with Crippen molar-refractivity contribution >= 4 is 22.2 Å². The molecule has 2 aromatic heterocycles. The second-order valence-electron chi connectivity index (χ2n) is 4.25. The van der Waals surface area contributed by atoms with Gasteiger partial charge in [0.25, 0.3) is 0 Å². The first-order chi connectivity index (χ1) is 8.24. The van der Waals surface area contributed by atoms with Gasteiger partial charge in [-0.2, -0.15) is 0 Å². The summed E-state index contributed by atoms with van der Waals surface area (Å²) in [4.78, 5) is 7.30. The number of hydrogen-bond acceptors (Lipinski definition) is 2. The van der Waals surface area contributed by atoms with Gasteiger partial charge in [0.05, 0.1) is 16.1 Å². The van der Waals surface area contributed by atoms with Gasteiger partial charge < -0.3 is 0 Å².